The molecule has 1 aliphatic heterocycles. The summed E-state index contributed by atoms with van der Waals surface area (Å²) in [6, 6.07) is 15.1. The fourth-order valence-electron chi connectivity index (χ4n) is 2.48. The maximum Gasteiger partial charge on any atom is 0.147 e. The average molecular weight is 259 g/mol. The van der Waals surface area contributed by atoms with Gasteiger partial charge in [-0.3, -0.25) is 4.90 Å². The quantitative estimate of drug-likeness (QED) is 0.812. The van der Waals surface area contributed by atoms with E-state index in [1.165, 1.54) is 10.4 Å². The van der Waals surface area contributed by atoms with Gasteiger partial charge in [-0.25, -0.2) is 0 Å². The third-order valence-corrected chi connectivity index (χ3v) is 4.54. The summed E-state index contributed by atoms with van der Waals surface area (Å²) in [6.45, 7) is 2.23. The van der Waals surface area contributed by atoms with Crippen molar-refractivity contribution in [1.82, 2.24) is 4.90 Å². The second-order valence-electron chi connectivity index (χ2n) is 4.74. The molecule has 1 unspecified atom stereocenters. The van der Waals surface area contributed by atoms with Gasteiger partial charge in [0.05, 0.1) is 0 Å². The van der Waals surface area contributed by atoms with E-state index in [1.807, 2.05) is 6.07 Å². The molecule has 94 valence electrons. The van der Waals surface area contributed by atoms with Crippen LogP contribution < -0.4 is 0 Å². The fourth-order valence-corrected chi connectivity index (χ4v) is 3.28. The monoisotopic (exact) mass is 259 g/mol. The standard InChI is InChI=1S/C15H17NOS/c1-11-14(12-7-4-3-5-8-12)17-15(16(11)2)13-9-6-10-18-13/h3-11,14-15H,1-2H3/t11-,14+,15?/m0/s1. The van der Waals surface area contributed by atoms with Crippen LogP contribution in [0.1, 0.15) is 29.7 Å². The van der Waals surface area contributed by atoms with Gasteiger partial charge in [0.25, 0.3) is 0 Å². The van der Waals surface area contributed by atoms with E-state index in [4.69, 9.17) is 4.74 Å². The Kier molecular flexibility index (Phi) is 3.20. The van der Waals surface area contributed by atoms with E-state index in [1.54, 1.807) is 11.3 Å². The molecule has 3 heteroatoms. The zero-order valence-corrected chi connectivity index (χ0v) is 11.4. The summed E-state index contributed by atoms with van der Waals surface area (Å²) >= 11 is 1.76. The molecule has 0 aliphatic carbocycles. The van der Waals surface area contributed by atoms with Crippen molar-refractivity contribution < 1.29 is 4.74 Å². The van der Waals surface area contributed by atoms with Crippen LogP contribution in [-0.2, 0) is 4.74 Å². The molecular formula is C15H17NOS. The highest BCUT2D eigenvalue weighted by Gasteiger charge is 2.38. The molecule has 1 aliphatic rings. The van der Waals surface area contributed by atoms with Crippen LogP contribution in [0.25, 0.3) is 0 Å². The molecule has 0 saturated carbocycles. The Labute approximate surface area is 112 Å². The van der Waals surface area contributed by atoms with Crippen molar-refractivity contribution in [2.45, 2.75) is 25.3 Å². The van der Waals surface area contributed by atoms with Crippen LogP contribution >= 0.6 is 11.3 Å². The van der Waals surface area contributed by atoms with Gasteiger partial charge in [-0.1, -0.05) is 36.4 Å². The number of benzene rings is 1. The van der Waals surface area contributed by atoms with Gasteiger partial charge in [0.2, 0.25) is 0 Å². The number of hydrogen-bond donors (Lipinski definition) is 0. The van der Waals surface area contributed by atoms with Gasteiger partial charge in [0, 0.05) is 10.9 Å². The highest BCUT2D eigenvalue weighted by atomic mass is 32.1. The summed E-state index contributed by atoms with van der Waals surface area (Å²) in [6.07, 6.45) is 0.244. The second kappa shape index (κ2) is 4.84. The number of likely N-dealkylation sites (N-methyl/N-ethyl adjacent to an activating group) is 1. The van der Waals surface area contributed by atoms with Gasteiger partial charge < -0.3 is 4.74 Å². The average Bonchev–Trinajstić information content (AvgIpc) is 3.01. The Hall–Kier alpha value is -1.16. The predicted octanol–water partition coefficient (Wildman–Crippen LogP) is 3.84. The van der Waals surface area contributed by atoms with Crippen molar-refractivity contribution in [1.29, 1.82) is 0 Å². The smallest absolute Gasteiger partial charge is 0.147 e. The molecule has 0 radical (unpaired) electrons. The maximum absolute atomic E-state index is 6.25. The SMILES string of the molecule is C[C@H]1[C@H](c2ccccc2)OC(c2cccs2)N1C. The molecule has 0 spiro atoms. The summed E-state index contributed by atoms with van der Waals surface area (Å²) in [5.74, 6) is 0. The molecule has 0 N–H and O–H groups in total. The van der Waals surface area contributed by atoms with Crippen LogP contribution in [0.3, 0.4) is 0 Å². The third kappa shape index (κ3) is 1.99. The largest absolute Gasteiger partial charge is 0.348 e. The van der Waals surface area contributed by atoms with E-state index in [0.29, 0.717) is 6.04 Å². The summed E-state index contributed by atoms with van der Waals surface area (Å²) < 4.78 is 6.25. The number of thiophene rings is 1. The predicted molar refractivity (Wildman–Crippen MR) is 74.6 cm³/mol. The van der Waals surface area contributed by atoms with Gasteiger partial charge in [-0.15, -0.1) is 11.3 Å². The zero-order valence-electron chi connectivity index (χ0n) is 10.6. The van der Waals surface area contributed by atoms with Gasteiger partial charge in [-0.2, -0.15) is 0 Å². The topological polar surface area (TPSA) is 12.5 Å². The molecule has 3 atom stereocenters. The molecular weight excluding hydrogens is 242 g/mol. The first-order valence-electron chi connectivity index (χ1n) is 6.23. The molecule has 1 aromatic carbocycles. The molecule has 1 aromatic heterocycles. The lowest BCUT2D eigenvalue weighted by molar-refractivity contribution is 0.00809. The fraction of sp³-hybridized carbons (Fsp3) is 0.333. The van der Waals surface area contributed by atoms with Crippen molar-refractivity contribution in [3.05, 3.63) is 58.3 Å². The van der Waals surface area contributed by atoms with Gasteiger partial charge in [0.1, 0.15) is 12.3 Å². The summed E-state index contributed by atoms with van der Waals surface area (Å²) in [5, 5.41) is 2.10. The number of hydrogen-bond acceptors (Lipinski definition) is 3. The van der Waals surface area contributed by atoms with Crippen LogP contribution in [0, 0.1) is 0 Å². The Bertz CT molecular complexity index is 496. The molecule has 2 heterocycles. The van der Waals surface area contributed by atoms with Gasteiger partial charge >= 0.3 is 0 Å². The first-order chi connectivity index (χ1) is 8.77. The van der Waals surface area contributed by atoms with Crippen molar-refractivity contribution in [2.75, 3.05) is 7.05 Å². The van der Waals surface area contributed by atoms with E-state index in [2.05, 4.69) is 60.6 Å². The van der Waals surface area contributed by atoms with Crippen molar-refractivity contribution >= 4 is 11.3 Å². The molecule has 2 nitrogen and oxygen atoms in total. The molecule has 1 saturated heterocycles. The van der Waals surface area contributed by atoms with Crippen LogP contribution in [0.15, 0.2) is 47.8 Å². The third-order valence-electron chi connectivity index (χ3n) is 3.64. The van der Waals surface area contributed by atoms with Gasteiger partial charge in [-0.05, 0) is 31.0 Å². The van der Waals surface area contributed by atoms with Crippen LogP contribution in [-0.4, -0.2) is 18.0 Å². The normalized spacial score (nSPS) is 28.7. The first kappa shape index (κ1) is 11.9. The van der Waals surface area contributed by atoms with Crippen LogP contribution in [0.5, 0.6) is 0 Å². The Morgan fingerprint density at radius 2 is 1.89 bits per heavy atom. The number of nitrogens with zero attached hydrogens (tertiary/aromatic N) is 1. The summed E-state index contributed by atoms with van der Waals surface area (Å²) in [7, 11) is 2.14. The zero-order chi connectivity index (χ0) is 12.5. The molecule has 1 fully saturated rings. The lowest BCUT2D eigenvalue weighted by Crippen LogP contribution is -2.26. The lowest BCUT2D eigenvalue weighted by atomic mass is 10.0. The molecule has 2 aromatic rings. The Morgan fingerprint density at radius 3 is 2.56 bits per heavy atom. The number of rotatable bonds is 2. The van der Waals surface area contributed by atoms with E-state index in [-0.39, 0.29) is 12.3 Å². The van der Waals surface area contributed by atoms with E-state index in [9.17, 15) is 0 Å². The van der Waals surface area contributed by atoms with Crippen molar-refractivity contribution in [2.24, 2.45) is 0 Å². The van der Waals surface area contributed by atoms with E-state index in [0.717, 1.165) is 0 Å². The summed E-state index contributed by atoms with van der Waals surface area (Å²) in [5.41, 5.74) is 1.26. The molecule has 18 heavy (non-hydrogen) atoms. The minimum absolute atomic E-state index is 0.0882. The number of ether oxygens (including phenoxy) is 1. The molecule has 0 bridgehead atoms. The van der Waals surface area contributed by atoms with E-state index >= 15 is 0 Å². The second-order valence-corrected chi connectivity index (χ2v) is 5.72. The van der Waals surface area contributed by atoms with Crippen molar-refractivity contribution in [3.63, 3.8) is 0 Å². The first-order valence-corrected chi connectivity index (χ1v) is 7.11. The highest BCUT2D eigenvalue weighted by Crippen LogP contribution is 2.42. The van der Waals surface area contributed by atoms with E-state index < -0.39 is 0 Å². The lowest BCUT2D eigenvalue weighted by Gasteiger charge is -2.20. The Morgan fingerprint density at radius 1 is 1.11 bits per heavy atom. The van der Waals surface area contributed by atoms with Crippen LogP contribution in [0.2, 0.25) is 0 Å². The highest BCUT2D eigenvalue weighted by molar-refractivity contribution is 7.10. The minimum atomic E-state index is 0.0882. The van der Waals surface area contributed by atoms with Gasteiger partial charge in [0.15, 0.2) is 0 Å². The maximum atomic E-state index is 6.25. The van der Waals surface area contributed by atoms with Crippen molar-refractivity contribution in [3.8, 4) is 0 Å². The van der Waals surface area contributed by atoms with Crippen LogP contribution in [0.4, 0.5) is 0 Å². The Balaban J connectivity index is 1.87. The minimum Gasteiger partial charge on any atom is -0.348 e. The molecule has 3 rings (SSSR count). The summed E-state index contributed by atoms with van der Waals surface area (Å²) in [4.78, 5) is 3.59. The molecule has 0 amide bonds.